The Labute approximate surface area is 153 Å². The molecule has 140 valence electrons. The van der Waals surface area contributed by atoms with Crippen molar-refractivity contribution in [1.29, 1.82) is 0 Å². The number of nitrogens with zero attached hydrogens (tertiary/aromatic N) is 1. The number of hydrogen-bond acceptors (Lipinski definition) is 3. The molecule has 26 heavy (non-hydrogen) atoms. The third kappa shape index (κ3) is 3.90. The zero-order valence-corrected chi connectivity index (χ0v) is 15.7. The highest BCUT2D eigenvalue weighted by Gasteiger charge is 2.36. The standard InChI is InChI=1S/C20H27N3O3/c1-13-4-5-18-17(8-13)15(10-22-18)6-7-21-20(25)16-9-19(24)23(11-16)14(2)12-26-3/h4-5,8,10,14,16,22H,6-7,9,11-12H2,1-3H3,(H,21,25)/t14-,16-/m1/s1. The summed E-state index contributed by atoms with van der Waals surface area (Å²) in [4.78, 5) is 29.6. The van der Waals surface area contributed by atoms with Gasteiger partial charge in [0, 0.05) is 43.7 Å². The Morgan fingerprint density at radius 1 is 1.46 bits per heavy atom. The van der Waals surface area contributed by atoms with Crippen LogP contribution in [0.5, 0.6) is 0 Å². The summed E-state index contributed by atoms with van der Waals surface area (Å²) in [6, 6.07) is 6.32. The van der Waals surface area contributed by atoms with E-state index in [-0.39, 0.29) is 30.2 Å². The van der Waals surface area contributed by atoms with Gasteiger partial charge in [-0.05, 0) is 38.0 Å². The summed E-state index contributed by atoms with van der Waals surface area (Å²) in [6.45, 7) is 5.55. The first-order valence-electron chi connectivity index (χ1n) is 9.12. The smallest absolute Gasteiger partial charge is 0.225 e. The van der Waals surface area contributed by atoms with Crippen molar-refractivity contribution in [2.24, 2.45) is 5.92 Å². The summed E-state index contributed by atoms with van der Waals surface area (Å²) in [6.07, 6.45) is 3.05. The molecule has 0 spiro atoms. The Morgan fingerprint density at radius 2 is 2.27 bits per heavy atom. The van der Waals surface area contributed by atoms with Gasteiger partial charge in [0.25, 0.3) is 0 Å². The minimum atomic E-state index is -0.271. The van der Waals surface area contributed by atoms with Crippen LogP contribution in [0.3, 0.4) is 0 Å². The molecule has 1 aliphatic heterocycles. The van der Waals surface area contributed by atoms with Crippen LogP contribution in [-0.4, -0.2) is 54.5 Å². The van der Waals surface area contributed by atoms with Gasteiger partial charge in [0.05, 0.1) is 18.6 Å². The molecule has 2 N–H and O–H groups in total. The molecule has 6 nitrogen and oxygen atoms in total. The number of fused-ring (bicyclic) bond motifs is 1. The van der Waals surface area contributed by atoms with E-state index in [0.29, 0.717) is 19.7 Å². The molecule has 1 aromatic carbocycles. The van der Waals surface area contributed by atoms with Crippen molar-refractivity contribution in [3.63, 3.8) is 0 Å². The number of carbonyl (C=O) groups is 2. The minimum Gasteiger partial charge on any atom is -0.383 e. The first-order chi connectivity index (χ1) is 12.5. The third-order valence-electron chi connectivity index (χ3n) is 5.09. The monoisotopic (exact) mass is 357 g/mol. The number of carbonyl (C=O) groups excluding carboxylic acids is 2. The van der Waals surface area contributed by atoms with Crippen molar-refractivity contribution in [3.8, 4) is 0 Å². The van der Waals surface area contributed by atoms with E-state index in [2.05, 4.69) is 35.4 Å². The first-order valence-corrected chi connectivity index (χ1v) is 9.12. The normalized spacial score (nSPS) is 18.5. The van der Waals surface area contributed by atoms with Crippen molar-refractivity contribution < 1.29 is 14.3 Å². The molecule has 0 saturated carbocycles. The molecule has 0 radical (unpaired) electrons. The molecule has 1 aliphatic rings. The highest BCUT2D eigenvalue weighted by Crippen LogP contribution is 2.22. The number of nitrogens with one attached hydrogen (secondary N) is 2. The maximum Gasteiger partial charge on any atom is 0.225 e. The van der Waals surface area contributed by atoms with Crippen molar-refractivity contribution >= 4 is 22.7 Å². The molecule has 0 bridgehead atoms. The number of rotatable bonds is 7. The quantitative estimate of drug-likeness (QED) is 0.796. The Balaban J connectivity index is 1.53. The van der Waals surface area contributed by atoms with E-state index in [1.807, 2.05) is 13.1 Å². The highest BCUT2D eigenvalue weighted by molar-refractivity contribution is 5.89. The van der Waals surface area contributed by atoms with Crippen LogP contribution in [-0.2, 0) is 20.7 Å². The Bertz CT molecular complexity index is 799. The molecule has 3 rings (SSSR count). The summed E-state index contributed by atoms with van der Waals surface area (Å²) in [5.74, 6) is -0.282. The van der Waals surface area contributed by atoms with Crippen LogP contribution >= 0.6 is 0 Å². The van der Waals surface area contributed by atoms with E-state index in [1.54, 1.807) is 12.0 Å². The van der Waals surface area contributed by atoms with Crippen molar-refractivity contribution in [3.05, 3.63) is 35.5 Å². The molecular formula is C20H27N3O3. The van der Waals surface area contributed by atoms with Crippen LogP contribution in [0.25, 0.3) is 10.9 Å². The lowest BCUT2D eigenvalue weighted by Crippen LogP contribution is -2.39. The van der Waals surface area contributed by atoms with Crippen LogP contribution < -0.4 is 5.32 Å². The zero-order valence-electron chi connectivity index (χ0n) is 15.7. The molecule has 1 aromatic heterocycles. The minimum absolute atomic E-state index is 0.000222. The Hall–Kier alpha value is -2.34. The van der Waals surface area contributed by atoms with E-state index in [4.69, 9.17) is 4.74 Å². The Kier molecular flexibility index (Phi) is 5.61. The Morgan fingerprint density at radius 3 is 3.04 bits per heavy atom. The summed E-state index contributed by atoms with van der Waals surface area (Å²) in [5.41, 5.74) is 3.53. The second-order valence-electron chi connectivity index (χ2n) is 7.16. The number of aryl methyl sites for hydroxylation is 1. The van der Waals surface area contributed by atoms with Crippen LogP contribution in [0.15, 0.2) is 24.4 Å². The van der Waals surface area contributed by atoms with Gasteiger partial charge >= 0.3 is 0 Å². The number of ether oxygens (including phenoxy) is 1. The zero-order chi connectivity index (χ0) is 18.7. The molecule has 1 saturated heterocycles. The van der Waals surface area contributed by atoms with Crippen molar-refractivity contribution in [2.75, 3.05) is 26.8 Å². The molecule has 2 aromatic rings. The highest BCUT2D eigenvalue weighted by atomic mass is 16.5. The predicted molar refractivity (Wildman–Crippen MR) is 101 cm³/mol. The fourth-order valence-electron chi connectivity index (χ4n) is 3.63. The topological polar surface area (TPSA) is 74.4 Å². The van der Waals surface area contributed by atoms with Gasteiger partial charge in [0.2, 0.25) is 11.8 Å². The molecule has 0 unspecified atom stereocenters. The number of benzene rings is 1. The van der Waals surface area contributed by atoms with Gasteiger partial charge in [-0.2, -0.15) is 0 Å². The van der Waals surface area contributed by atoms with E-state index in [0.717, 1.165) is 11.9 Å². The summed E-state index contributed by atoms with van der Waals surface area (Å²) >= 11 is 0. The number of methoxy groups -OCH3 is 1. The fraction of sp³-hybridized carbons (Fsp3) is 0.500. The largest absolute Gasteiger partial charge is 0.383 e. The van der Waals surface area contributed by atoms with Gasteiger partial charge in [0.1, 0.15) is 0 Å². The lowest BCUT2D eigenvalue weighted by Gasteiger charge is -2.23. The molecule has 2 heterocycles. The van der Waals surface area contributed by atoms with E-state index in [1.165, 1.54) is 16.5 Å². The van der Waals surface area contributed by atoms with Gasteiger partial charge in [-0.3, -0.25) is 9.59 Å². The number of aromatic nitrogens is 1. The number of hydrogen-bond donors (Lipinski definition) is 2. The fourth-order valence-corrected chi connectivity index (χ4v) is 3.63. The third-order valence-corrected chi connectivity index (χ3v) is 5.09. The van der Waals surface area contributed by atoms with Crippen LogP contribution in [0.4, 0.5) is 0 Å². The number of H-pyrrole nitrogens is 1. The maximum atomic E-state index is 12.4. The predicted octanol–water partition coefficient (Wildman–Crippen LogP) is 2.02. The lowest BCUT2D eigenvalue weighted by molar-refractivity contribution is -0.130. The number of likely N-dealkylation sites (tertiary alicyclic amines) is 1. The van der Waals surface area contributed by atoms with Gasteiger partial charge in [-0.25, -0.2) is 0 Å². The maximum absolute atomic E-state index is 12.4. The van der Waals surface area contributed by atoms with Crippen molar-refractivity contribution in [2.45, 2.75) is 32.7 Å². The van der Waals surface area contributed by atoms with Crippen LogP contribution in [0, 0.1) is 12.8 Å². The second kappa shape index (κ2) is 7.91. The molecule has 1 fully saturated rings. The molecule has 6 heteroatoms. The van der Waals surface area contributed by atoms with Crippen LogP contribution in [0.2, 0.25) is 0 Å². The summed E-state index contributed by atoms with van der Waals surface area (Å²) in [7, 11) is 1.62. The lowest BCUT2D eigenvalue weighted by atomic mass is 10.1. The second-order valence-corrected chi connectivity index (χ2v) is 7.16. The van der Waals surface area contributed by atoms with Crippen molar-refractivity contribution in [1.82, 2.24) is 15.2 Å². The SMILES string of the molecule is COC[C@@H](C)N1C[C@H](C(=O)NCCc2c[nH]c3ccc(C)cc23)CC1=O. The van der Waals surface area contributed by atoms with E-state index < -0.39 is 0 Å². The van der Waals surface area contributed by atoms with Gasteiger partial charge in [-0.1, -0.05) is 11.6 Å². The van der Waals surface area contributed by atoms with Gasteiger partial charge < -0.3 is 19.9 Å². The van der Waals surface area contributed by atoms with Gasteiger partial charge in [0.15, 0.2) is 0 Å². The molecule has 2 amide bonds. The van der Waals surface area contributed by atoms with Crippen LogP contribution in [0.1, 0.15) is 24.5 Å². The van der Waals surface area contributed by atoms with E-state index >= 15 is 0 Å². The summed E-state index contributed by atoms with van der Waals surface area (Å²) < 4.78 is 5.11. The molecular weight excluding hydrogens is 330 g/mol. The molecule has 2 atom stereocenters. The average molecular weight is 357 g/mol. The average Bonchev–Trinajstić information content (AvgIpc) is 3.19. The summed E-state index contributed by atoms with van der Waals surface area (Å²) in [5, 5.41) is 4.19. The number of aromatic amines is 1. The first kappa shape index (κ1) is 18.5. The van der Waals surface area contributed by atoms with Gasteiger partial charge in [-0.15, -0.1) is 0 Å². The number of amides is 2. The van der Waals surface area contributed by atoms with E-state index in [9.17, 15) is 9.59 Å². The molecule has 0 aliphatic carbocycles.